The number of hydrogen-bond donors (Lipinski definition) is 1. The smallest absolute Gasteiger partial charge is 0.245 e. The van der Waals surface area contributed by atoms with Gasteiger partial charge in [-0.15, -0.1) is 0 Å². The van der Waals surface area contributed by atoms with Crippen LogP contribution in [0.15, 0.2) is 55.5 Å². The Kier molecular flexibility index (Phi) is 5.07. The van der Waals surface area contributed by atoms with E-state index in [1.54, 1.807) is 12.3 Å². The maximum atomic E-state index is 14.9. The maximum absolute atomic E-state index is 14.9. The van der Waals surface area contributed by atoms with Crippen molar-refractivity contribution in [1.82, 2.24) is 19.2 Å². The van der Waals surface area contributed by atoms with Crippen LogP contribution in [0.2, 0.25) is 0 Å². The Hall–Kier alpha value is -3.39. The summed E-state index contributed by atoms with van der Waals surface area (Å²) in [5.41, 5.74) is 2.24. The van der Waals surface area contributed by atoms with Gasteiger partial charge in [0.1, 0.15) is 12.1 Å². The van der Waals surface area contributed by atoms with Crippen molar-refractivity contribution in [2.45, 2.75) is 18.8 Å². The molecule has 0 spiro atoms. The van der Waals surface area contributed by atoms with E-state index in [0.717, 1.165) is 52.8 Å². The van der Waals surface area contributed by atoms with E-state index in [1.807, 2.05) is 23.1 Å². The van der Waals surface area contributed by atoms with Crippen molar-refractivity contribution in [3.05, 3.63) is 66.9 Å². The Morgan fingerprint density at radius 1 is 1.29 bits per heavy atom. The highest BCUT2D eigenvalue weighted by Gasteiger charge is 2.24. The molecular weight excluding hydrogens is 413 g/mol. The first kappa shape index (κ1) is 19.6. The lowest BCUT2D eigenvalue weighted by Gasteiger charge is -2.32. The van der Waals surface area contributed by atoms with Gasteiger partial charge < -0.3 is 10.2 Å². The second-order valence-electron chi connectivity index (χ2n) is 7.62. The summed E-state index contributed by atoms with van der Waals surface area (Å²) < 4.78 is 19.5. The lowest BCUT2D eigenvalue weighted by Crippen LogP contribution is -2.38. The number of carbonyl (C=O) groups excluding carboxylic acids is 1. The van der Waals surface area contributed by atoms with Gasteiger partial charge >= 0.3 is 0 Å². The van der Waals surface area contributed by atoms with Crippen molar-refractivity contribution in [2.24, 2.45) is 0 Å². The monoisotopic (exact) mass is 433 g/mol. The van der Waals surface area contributed by atoms with Crippen LogP contribution in [0, 0.1) is 5.82 Å². The number of fused-ring (bicyclic) bond motifs is 2. The van der Waals surface area contributed by atoms with Crippen LogP contribution in [-0.2, 0) is 4.79 Å². The molecule has 1 fully saturated rings. The molecule has 4 aromatic rings. The summed E-state index contributed by atoms with van der Waals surface area (Å²) in [5.74, 6) is 0.392. The van der Waals surface area contributed by atoms with E-state index in [2.05, 4.69) is 32.3 Å². The molecule has 156 valence electrons. The van der Waals surface area contributed by atoms with Crippen molar-refractivity contribution >= 4 is 49.9 Å². The van der Waals surface area contributed by atoms with Crippen molar-refractivity contribution in [2.75, 3.05) is 18.4 Å². The molecule has 8 heteroatoms. The van der Waals surface area contributed by atoms with Gasteiger partial charge in [-0.1, -0.05) is 12.6 Å². The first-order valence-corrected chi connectivity index (χ1v) is 10.9. The highest BCUT2D eigenvalue weighted by Crippen LogP contribution is 2.33. The average molecular weight is 434 g/mol. The van der Waals surface area contributed by atoms with E-state index < -0.39 is 0 Å². The zero-order valence-corrected chi connectivity index (χ0v) is 17.5. The van der Waals surface area contributed by atoms with Crippen LogP contribution < -0.4 is 5.32 Å². The molecule has 3 heterocycles. The lowest BCUT2D eigenvalue weighted by atomic mass is 9.90. The molecule has 1 atom stereocenters. The van der Waals surface area contributed by atoms with Gasteiger partial charge in [-0.3, -0.25) is 4.79 Å². The number of benzene rings is 2. The lowest BCUT2D eigenvalue weighted by molar-refractivity contribution is -0.127. The van der Waals surface area contributed by atoms with Crippen molar-refractivity contribution in [3.63, 3.8) is 0 Å². The summed E-state index contributed by atoms with van der Waals surface area (Å²) >= 11 is 1.13. The molecular formula is C23H20FN5OS. The Bertz CT molecular complexity index is 1300. The molecule has 1 saturated heterocycles. The number of amides is 1. The molecule has 31 heavy (non-hydrogen) atoms. The summed E-state index contributed by atoms with van der Waals surface area (Å²) in [6.07, 6.45) is 6.44. The van der Waals surface area contributed by atoms with Crippen molar-refractivity contribution < 1.29 is 9.18 Å². The Labute approximate surface area is 182 Å². The minimum absolute atomic E-state index is 0.0369. The molecule has 0 aliphatic carbocycles. The third-order valence-electron chi connectivity index (χ3n) is 5.75. The minimum Gasteiger partial charge on any atom is -0.339 e. The molecule has 2 aromatic heterocycles. The number of hydrogen-bond acceptors (Lipinski definition) is 6. The van der Waals surface area contributed by atoms with Crippen LogP contribution in [0.3, 0.4) is 0 Å². The molecule has 2 aromatic carbocycles. The van der Waals surface area contributed by atoms with E-state index in [-0.39, 0.29) is 17.6 Å². The van der Waals surface area contributed by atoms with E-state index in [0.29, 0.717) is 22.7 Å². The first-order chi connectivity index (χ1) is 15.1. The average Bonchev–Trinajstić information content (AvgIpc) is 3.30. The van der Waals surface area contributed by atoms with Crippen molar-refractivity contribution in [3.8, 4) is 0 Å². The number of nitrogens with one attached hydrogen (secondary N) is 1. The summed E-state index contributed by atoms with van der Waals surface area (Å²) in [4.78, 5) is 22.6. The zero-order valence-electron chi connectivity index (χ0n) is 16.7. The summed E-state index contributed by atoms with van der Waals surface area (Å²) in [5, 5.41) is 4.73. The fraction of sp³-hybridized carbons (Fsp3) is 0.217. The van der Waals surface area contributed by atoms with Gasteiger partial charge in [0.15, 0.2) is 5.82 Å². The van der Waals surface area contributed by atoms with Crippen LogP contribution in [0.4, 0.5) is 15.9 Å². The number of piperidine rings is 1. The number of carbonyl (C=O) groups is 1. The minimum atomic E-state index is -0.339. The summed E-state index contributed by atoms with van der Waals surface area (Å²) in [6, 6.07) is 9.59. The highest BCUT2D eigenvalue weighted by molar-refractivity contribution is 7.13. The van der Waals surface area contributed by atoms with E-state index in [4.69, 9.17) is 0 Å². The molecule has 1 N–H and O–H groups in total. The zero-order chi connectivity index (χ0) is 21.4. The number of rotatable bonds is 4. The molecule has 1 amide bonds. The fourth-order valence-electron chi connectivity index (χ4n) is 4.13. The Morgan fingerprint density at radius 2 is 2.19 bits per heavy atom. The van der Waals surface area contributed by atoms with Crippen LogP contribution in [-0.4, -0.2) is 38.2 Å². The third-order valence-corrected chi connectivity index (χ3v) is 6.56. The molecule has 0 unspecified atom stereocenters. The predicted octanol–water partition coefficient (Wildman–Crippen LogP) is 5.01. The molecule has 5 rings (SSSR count). The number of halogens is 1. The molecule has 0 bridgehead atoms. The molecule has 1 aliphatic rings. The second-order valence-corrected chi connectivity index (χ2v) is 8.42. The van der Waals surface area contributed by atoms with Crippen LogP contribution >= 0.6 is 11.5 Å². The maximum Gasteiger partial charge on any atom is 0.245 e. The van der Waals surface area contributed by atoms with E-state index >= 15 is 0 Å². The van der Waals surface area contributed by atoms with Gasteiger partial charge in [0.05, 0.1) is 15.9 Å². The molecule has 0 radical (unpaired) electrons. The Balaban J connectivity index is 1.50. The molecule has 6 nitrogen and oxygen atoms in total. The molecule has 0 saturated carbocycles. The van der Waals surface area contributed by atoms with Crippen LogP contribution in [0.5, 0.6) is 0 Å². The largest absolute Gasteiger partial charge is 0.339 e. The van der Waals surface area contributed by atoms with Gasteiger partial charge in [0, 0.05) is 36.0 Å². The standard InChI is InChI=1S/C23H20FN5OS/c1-2-20(30)29-9-3-4-16(12-29)14-5-7-18-17(10-14)23(26-13-25-18)28-19-8-6-15-11-27-31-22(15)21(19)24/h2,5-8,10-11,13,16H,1,3-4,9,12H2,(H,25,26,28)/t16-/m1/s1. The van der Waals surface area contributed by atoms with Gasteiger partial charge in [-0.05, 0) is 60.3 Å². The second kappa shape index (κ2) is 8.03. The van der Waals surface area contributed by atoms with E-state index in [9.17, 15) is 9.18 Å². The van der Waals surface area contributed by atoms with Gasteiger partial charge in [0.25, 0.3) is 0 Å². The highest BCUT2D eigenvalue weighted by atomic mass is 32.1. The Morgan fingerprint density at radius 3 is 3.06 bits per heavy atom. The quantitative estimate of drug-likeness (QED) is 0.458. The summed E-state index contributed by atoms with van der Waals surface area (Å²) in [6.45, 7) is 5.01. The number of aromatic nitrogens is 3. The van der Waals surface area contributed by atoms with Crippen LogP contribution in [0.25, 0.3) is 21.0 Å². The normalized spacial score (nSPS) is 16.5. The number of likely N-dealkylation sites (tertiary alicyclic amines) is 1. The SMILES string of the molecule is C=CC(=O)N1CCC[C@@H](c2ccc3ncnc(Nc4ccc5cnsc5c4F)c3c2)C1. The van der Waals surface area contributed by atoms with Gasteiger partial charge in [-0.2, -0.15) is 4.37 Å². The fourth-order valence-corrected chi connectivity index (χ4v) is 4.82. The summed E-state index contributed by atoms with van der Waals surface area (Å²) in [7, 11) is 0. The van der Waals surface area contributed by atoms with Gasteiger partial charge in [0.2, 0.25) is 5.91 Å². The van der Waals surface area contributed by atoms with Crippen molar-refractivity contribution in [1.29, 1.82) is 0 Å². The number of anilines is 2. The topological polar surface area (TPSA) is 71.0 Å². The van der Waals surface area contributed by atoms with E-state index in [1.165, 1.54) is 12.4 Å². The first-order valence-electron chi connectivity index (χ1n) is 10.1. The van der Waals surface area contributed by atoms with Crippen LogP contribution in [0.1, 0.15) is 24.3 Å². The predicted molar refractivity (Wildman–Crippen MR) is 121 cm³/mol. The van der Waals surface area contributed by atoms with Gasteiger partial charge in [-0.25, -0.2) is 14.4 Å². The number of nitrogens with zero attached hydrogens (tertiary/aromatic N) is 4. The third kappa shape index (κ3) is 3.63. The molecule has 1 aliphatic heterocycles.